The van der Waals surface area contributed by atoms with Gasteiger partial charge in [0.15, 0.2) is 5.96 Å². The van der Waals surface area contributed by atoms with Crippen molar-refractivity contribution in [2.24, 2.45) is 10.7 Å². The standard InChI is InChI=1S/C17H22N4O.HI/c1-22-16-10-5-9-15(13-16)21-17(18)20-12-6-11-19-14-7-3-2-4-8-14;/h2-5,7-10,13,19H,6,11-12H2,1H3,(H3,18,20,21);1H. The average Bonchev–Trinajstić information content (AvgIpc) is 2.55. The van der Waals surface area contributed by atoms with E-state index in [9.17, 15) is 0 Å². The van der Waals surface area contributed by atoms with Crippen molar-refractivity contribution in [3.8, 4) is 5.75 Å². The van der Waals surface area contributed by atoms with Crippen molar-refractivity contribution in [3.05, 3.63) is 54.6 Å². The van der Waals surface area contributed by atoms with E-state index in [0.29, 0.717) is 12.5 Å². The molecule has 2 aromatic rings. The number of nitrogens with one attached hydrogen (secondary N) is 2. The zero-order chi connectivity index (χ0) is 15.6. The fraction of sp³-hybridized carbons (Fsp3) is 0.235. The molecular weight excluding hydrogens is 403 g/mol. The van der Waals surface area contributed by atoms with Crippen molar-refractivity contribution in [1.82, 2.24) is 0 Å². The maximum absolute atomic E-state index is 5.87. The van der Waals surface area contributed by atoms with Crippen LogP contribution in [0.4, 0.5) is 11.4 Å². The minimum absolute atomic E-state index is 0. The van der Waals surface area contributed by atoms with E-state index < -0.39 is 0 Å². The summed E-state index contributed by atoms with van der Waals surface area (Å²) in [7, 11) is 1.64. The summed E-state index contributed by atoms with van der Waals surface area (Å²) in [5.41, 5.74) is 7.85. The normalized spacial score (nSPS) is 10.6. The van der Waals surface area contributed by atoms with Gasteiger partial charge in [0.25, 0.3) is 0 Å². The van der Waals surface area contributed by atoms with E-state index in [1.54, 1.807) is 7.11 Å². The van der Waals surface area contributed by atoms with Gasteiger partial charge in [0.1, 0.15) is 5.75 Å². The Balaban J connectivity index is 0.00000264. The predicted octanol–water partition coefficient (Wildman–Crippen LogP) is 3.54. The smallest absolute Gasteiger partial charge is 0.193 e. The summed E-state index contributed by atoms with van der Waals surface area (Å²) >= 11 is 0. The molecule has 0 radical (unpaired) electrons. The summed E-state index contributed by atoms with van der Waals surface area (Å²) in [6.07, 6.45) is 0.912. The van der Waals surface area contributed by atoms with Crippen LogP contribution >= 0.6 is 24.0 Å². The Kier molecular flexibility index (Phi) is 8.89. The maximum Gasteiger partial charge on any atom is 0.193 e. The highest BCUT2D eigenvalue weighted by molar-refractivity contribution is 14.0. The molecule has 0 bridgehead atoms. The third-order valence-electron chi connectivity index (χ3n) is 3.06. The molecule has 0 aliphatic heterocycles. The molecule has 0 saturated carbocycles. The molecule has 6 heteroatoms. The Hall–Kier alpha value is -1.96. The molecule has 0 heterocycles. The van der Waals surface area contributed by atoms with E-state index in [-0.39, 0.29) is 24.0 Å². The number of aliphatic imine (C=N–C) groups is 1. The van der Waals surface area contributed by atoms with Gasteiger partial charge < -0.3 is 21.1 Å². The van der Waals surface area contributed by atoms with Gasteiger partial charge in [-0.1, -0.05) is 24.3 Å². The largest absolute Gasteiger partial charge is 0.497 e. The third kappa shape index (κ3) is 7.23. The number of nitrogens with zero attached hydrogens (tertiary/aromatic N) is 1. The predicted molar refractivity (Wildman–Crippen MR) is 108 cm³/mol. The summed E-state index contributed by atoms with van der Waals surface area (Å²) in [4.78, 5) is 4.31. The number of methoxy groups -OCH3 is 1. The lowest BCUT2D eigenvalue weighted by molar-refractivity contribution is 0.415. The Morgan fingerprint density at radius 3 is 2.57 bits per heavy atom. The van der Waals surface area contributed by atoms with Crippen molar-refractivity contribution in [3.63, 3.8) is 0 Å². The molecule has 0 saturated heterocycles. The van der Waals surface area contributed by atoms with Crippen LogP contribution in [0.15, 0.2) is 59.6 Å². The van der Waals surface area contributed by atoms with Crippen molar-refractivity contribution in [2.45, 2.75) is 6.42 Å². The van der Waals surface area contributed by atoms with Gasteiger partial charge in [-0.25, -0.2) is 0 Å². The van der Waals surface area contributed by atoms with Crippen molar-refractivity contribution in [2.75, 3.05) is 30.8 Å². The molecule has 0 fully saturated rings. The van der Waals surface area contributed by atoms with Crippen LogP contribution in [-0.4, -0.2) is 26.2 Å². The number of ether oxygens (including phenoxy) is 1. The van der Waals surface area contributed by atoms with Crippen LogP contribution in [0.1, 0.15) is 6.42 Å². The highest BCUT2D eigenvalue weighted by Crippen LogP contribution is 2.16. The maximum atomic E-state index is 5.87. The van der Waals surface area contributed by atoms with Gasteiger partial charge in [0, 0.05) is 30.5 Å². The van der Waals surface area contributed by atoms with Crippen LogP contribution in [0.25, 0.3) is 0 Å². The van der Waals surface area contributed by atoms with Gasteiger partial charge in [-0.05, 0) is 30.7 Å². The van der Waals surface area contributed by atoms with E-state index in [4.69, 9.17) is 10.5 Å². The molecule has 2 rings (SSSR count). The van der Waals surface area contributed by atoms with Crippen LogP contribution in [0.2, 0.25) is 0 Å². The van der Waals surface area contributed by atoms with Gasteiger partial charge in [-0.3, -0.25) is 4.99 Å². The second kappa shape index (κ2) is 10.7. The number of para-hydroxylation sites is 1. The number of benzene rings is 2. The Labute approximate surface area is 154 Å². The van der Waals surface area contributed by atoms with Crippen LogP contribution in [0, 0.1) is 0 Å². The molecule has 0 unspecified atom stereocenters. The van der Waals surface area contributed by atoms with Crippen LogP contribution < -0.4 is 21.1 Å². The van der Waals surface area contributed by atoms with Crippen molar-refractivity contribution >= 4 is 41.3 Å². The average molecular weight is 426 g/mol. The topological polar surface area (TPSA) is 71.7 Å². The summed E-state index contributed by atoms with van der Waals surface area (Å²) < 4.78 is 5.16. The minimum atomic E-state index is 0. The van der Waals surface area contributed by atoms with E-state index in [1.807, 2.05) is 54.6 Å². The molecule has 0 aromatic heterocycles. The summed E-state index contributed by atoms with van der Waals surface area (Å²) in [5.74, 6) is 1.19. The van der Waals surface area contributed by atoms with Gasteiger partial charge in [0.05, 0.1) is 7.11 Å². The van der Waals surface area contributed by atoms with Crippen molar-refractivity contribution < 1.29 is 4.74 Å². The van der Waals surface area contributed by atoms with Gasteiger partial charge in [0.2, 0.25) is 0 Å². The molecule has 0 spiro atoms. The van der Waals surface area contributed by atoms with Gasteiger partial charge in [-0.15, -0.1) is 24.0 Å². The number of hydrogen-bond donors (Lipinski definition) is 3. The number of anilines is 2. The second-order valence-corrected chi connectivity index (χ2v) is 4.77. The van der Waals surface area contributed by atoms with Gasteiger partial charge >= 0.3 is 0 Å². The number of guanidine groups is 1. The molecule has 5 nitrogen and oxygen atoms in total. The Bertz CT molecular complexity index is 605. The van der Waals surface area contributed by atoms with Crippen LogP contribution in [-0.2, 0) is 0 Å². The molecule has 23 heavy (non-hydrogen) atoms. The number of halogens is 1. The summed E-state index contributed by atoms with van der Waals surface area (Å²) in [6.45, 7) is 1.53. The fourth-order valence-corrected chi connectivity index (χ4v) is 1.96. The molecule has 0 aliphatic rings. The van der Waals surface area contributed by atoms with E-state index in [2.05, 4.69) is 15.6 Å². The van der Waals surface area contributed by atoms with E-state index in [0.717, 1.165) is 30.1 Å². The SMILES string of the molecule is COc1cccc(NC(N)=NCCCNc2ccccc2)c1.I. The first-order chi connectivity index (χ1) is 10.8. The lowest BCUT2D eigenvalue weighted by atomic mass is 10.3. The lowest BCUT2D eigenvalue weighted by Crippen LogP contribution is -2.23. The molecule has 0 aliphatic carbocycles. The highest BCUT2D eigenvalue weighted by atomic mass is 127. The summed E-state index contributed by atoms with van der Waals surface area (Å²) in [5, 5.41) is 6.39. The minimum Gasteiger partial charge on any atom is -0.497 e. The molecule has 4 N–H and O–H groups in total. The first-order valence-electron chi connectivity index (χ1n) is 7.28. The molecular formula is C17H23IN4O. The molecule has 0 atom stereocenters. The first kappa shape index (κ1) is 19.1. The Morgan fingerprint density at radius 2 is 1.83 bits per heavy atom. The fourth-order valence-electron chi connectivity index (χ4n) is 1.96. The second-order valence-electron chi connectivity index (χ2n) is 4.77. The highest BCUT2D eigenvalue weighted by Gasteiger charge is 1.97. The molecule has 2 aromatic carbocycles. The Morgan fingerprint density at radius 1 is 1.09 bits per heavy atom. The molecule has 0 amide bonds. The zero-order valence-corrected chi connectivity index (χ0v) is 15.5. The van der Waals surface area contributed by atoms with Gasteiger partial charge in [-0.2, -0.15) is 0 Å². The zero-order valence-electron chi connectivity index (χ0n) is 13.2. The van der Waals surface area contributed by atoms with E-state index >= 15 is 0 Å². The quantitative estimate of drug-likeness (QED) is 0.274. The number of rotatable bonds is 7. The molecule has 124 valence electrons. The summed E-state index contributed by atoms with van der Waals surface area (Å²) in [6, 6.07) is 17.7. The third-order valence-corrected chi connectivity index (χ3v) is 3.06. The van der Waals surface area contributed by atoms with E-state index in [1.165, 1.54) is 0 Å². The first-order valence-corrected chi connectivity index (χ1v) is 7.28. The van der Waals surface area contributed by atoms with Crippen LogP contribution in [0.3, 0.4) is 0 Å². The van der Waals surface area contributed by atoms with Crippen LogP contribution in [0.5, 0.6) is 5.75 Å². The number of nitrogens with two attached hydrogens (primary N) is 1. The lowest BCUT2D eigenvalue weighted by Gasteiger charge is -2.08. The monoisotopic (exact) mass is 426 g/mol. The number of hydrogen-bond acceptors (Lipinski definition) is 3. The van der Waals surface area contributed by atoms with Crippen molar-refractivity contribution in [1.29, 1.82) is 0 Å².